The molecule has 0 amide bonds. The van der Waals surface area contributed by atoms with Gasteiger partial charge >= 0.3 is 0 Å². The molecule has 0 aliphatic heterocycles. The minimum atomic E-state index is -0.121. The van der Waals surface area contributed by atoms with Crippen LogP contribution >= 0.6 is 0 Å². The zero-order chi connectivity index (χ0) is 38.8. The van der Waals surface area contributed by atoms with E-state index < -0.39 is 0 Å². The average Bonchev–Trinajstić information content (AvgIpc) is 3.75. The molecule has 1 aliphatic carbocycles. The van der Waals surface area contributed by atoms with Crippen LogP contribution in [0.3, 0.4) is 0 Å². The van der Waals surface area contributed by atoms with Gasteiger partial charge in [-0.15, -0.1) is 0 Å². The zero-order valence-corrected chi connectivity index (χ0v) is 32.0. The lowest BCUT2D eigenvalue weighted by Gasteiger charge is -2.22. The summed E-state index contributed by atoms with van der Waals surface area (Å²) in [5.41, 5.74) is 15.6. The molecule has 10 aromatic rings. The van der Waals surface area contributed by atoms with Crippen LogP contribution in [0.15, 0.2) is 183 Å². The molecule has 11 rings (SSSR count). The highest BCUT2D eigenvalue weighted by molar-refractivity contribution is 6.18. The smallest absolute Gasteiger partial charge is 0.164 e. The monoisotopic (exact) mass is 744 g/mol. The van der Waals surface area contributed by atoms with Crippen LogP contribution in [-0.2, 0) is 5.41 Å². The van der Waals surface area contributed by atoms with E-state index in [-0.39, 0.29) is 5.41 Å². The Balaban J connectivity index is 1.26. The third-order valence-electron chi connectivity index (χ3n) is 11.7. The molecule has 0 atom stereocenters. The molecule has 58 heavy (non-hydrogen) atoms. The van der Waals surface area contributed by atoms with Crippen LogP contribution in [0.5, 0.6) is 0 Å². The average molecular weight is 745 g/mol. The maximum Gasteiger partial charge on any atom is 0.164 e. The molecule has 0 spiro atoms. The number of pyridine rings is 2. The summed E-state index contributed by atoms with van der Waals surface area (Å²) in [7, 11) is 0. The van der Waals surface area contributed by atoms with Crippen molar-refractivity contribution >= 4 is 21.8 Å². The molecule has 0 radical (unpaired) electrons. The fourth-order valence-electron chi connectivity index (χ4n) is 8.94. The second-order valence-electron chi connectivity index (χ2n) is 15.3. The van der Waals surface area contributed by atoms with Crippen LogP contribution in [0.25, 0.3) is 95.0 Å². The number of benzene rings is 6. The van der Waals surface area contributed by atoms with Crippen molar-refractivity contribution in [3.8, 4) is 73.2 Å². The number of fused-ring (bicyclic) bond motifs is 7. The highest BCUT2D eigenvalue weighted by Crippen LogP contribution is 2.54. The predicted molar refractivity (Wildman–Crippen MR) is 234 cm³/mol. The van der Waals surface area contributed by atoms with Crippen molar-refractivity contribution in [2.75, 3.05) is 0 Å². The summed E-state index contributed by atoms with van der Waals surface area (Å²) >= 11 is 0. The van der Waals surface area contributed by atoms with E-state index in [0.29, 0.717) is 17.5 Å². The molecule has 4 aromatic heterocycles. The summed E-state index contributed by atoms with van der Waals surface area (Å²) < 4.78 is 2.49. The largest absolute Gasteiger partial charge is 0.308 e. The second kappa shape index (κ2) is 13.3. The molecule has 1 aliphatic rings. The first-order valence-corrected chi connectivity index (χ1v) is 19.6. The van der Waals surface area contributed by atoms with Gasteiger partial charge in [0.25, 0.3) is 0 Å². The SMILES string of the molecule is CC1(C)c2ccccc2-c2c1ccc1c2c2ccccc2n1-c1c(-c2ccccc2)cc(-c2nc(-c3ccncc3)nc(-c3ccncc3)n2)cc1-c1ccccc1. The van der Waals surface area contributed by atoms with E-state index in [2.05, 4.69) is 162 Å². The molecule has 6 aromatic carbocycles. The molecule has 6 nitrogen and oxygen atoms in total. The van der Waals surface area contributed by atoms with Crippen LogP contribution in [-0.4, -0.2) is 29.5 Å². The third kappa shape index (κ3) is 5.30. The number of rotatable bonds is 6. The predicted octanol–water partition coefficient (Wildman–Crippen LogP) is 12.4. The Hall–Kier alpha value is -7.57. The van der Waals surface area contributed by atoms with Crippen LogP contribution in [0, 0.1) is 0 Å². The van der Waals surface area contributed by atoms with E-state index in [9.17, 15) is 0 Å². The lowest BCUT2D eigenvalue weighted by atomic mass is 9.82. The van der Waals surface area contributed by atoms with Gasteiger partial charge in [-0.2, -0.15) is 0 Å². The van der Waals surface area contributed by atoms with E-state index in [4.69, 9.17) is 15.0 Å². The zero-order valence-electron chi connectivity index (χ0n) is 32.0. The van der Waals surface area contributed by atoms with Gasteiger partial charge in [0.2, 0.25) is 0 Å². The van der Waals surface area contributed by atoms with E-state index in [1.165, 1.54) is 33.0 Å². The Kier molecular flexibility index (Phi) is 7.73. The van der Waals surface area contributed by atoms with Gasteiger partial charge in [-0.3, -0.25) is 9.97 Å². The second-order valence-corrected chi connectivity index (χ2v) is 15.3. The van der Waals surface area contributed by atoms with Crippen LogP contribution in [0.1, 0.15) is 25.0 Å². The summed E-state index contributed by atoms with van der Waals surface area (Å²) in [6.45, 7) is 4.70. The molecule has 274 valence electrons. The summed E-state index contributed by atoms with van der Waals surface area (Å²) in [5, 5.41) is 2.50. The molecular formula is C52H36N6. The minimum Gasteiger partial charge on any atom is -0.308 e. The van der Waals surface area contributed by atoms with Gasteiger partial charge in [0.05, 0.1) is 16.7 Å². The van der Waals surface area contributed by atoms with Gasteiger partial charge < -0.3 is 4.57 Å². The summed E-state index contributed by atoms with van der Waals surface area (Å²) in [6.07, 6.45) is 7.06. The Bertz CT molecular complexity index is 3060. The highest BCUT2D eigenvalue weighted by Gasteiger charge is 2.37. The van der Waals surface area contributed by atoms with E-state index in [1.807, 2.05) is 24.3 Å². The number of nitrogens with zero attached hydrogens (tertiary/aromatic N) is 6. The summed E-state index contributed by atoms with van der Waals surface area (Å²) in [6, 6.07) is 56.1. The van der Waals surface area contributed by atoms with Gasteiger partial charge in [-0.05, 0) is 81.9 Å². The van der Waals surface area contributed by atoms with Gasteiger partial charge in [0.15, 0.2) is 17.5 Å². The first-order chi connectivity index (χ1) is 28.5. The Morgan fingerprint density at radius 3 is 1.53 bits per heavy atom. The molecular weight excluding hydrogens is 709 g/mol. The maximum atomic E-state index is 5.16. The molecule has 0 N–H and O–H groups in total. The lowest BCUT2D eigenvalue weighted by molar-refractivity contribution is 0.661. The first-order valence-electron chi connectivity index (χ1n) is 19.6. The van der Waals surface area contributed by atoms with Crippen molar-refractivity contribution in [2.24, 2.45) is 0 Å². The number of para-hydroxylation sites is 1. The maximum absolute atomic E-state index is 5.16. The molecule has 0 bridgehead atoms. The fraction of sp³-hybridized carbons (Fsp3) is 0.0577. The van der Waals surface area contributed by atoms with Crippen molar-refractivity contribution in [3.63, 3.8) is 0 Å². The van der Waals surface area contributed by atoms with Gasteiger partial charge in [0.1, 0.15) is 0 Å². The standard InChI is InChI=1S/C52H36N6/c1-52(2)42-19-11-9-17-38(42)46-43(52)21-22-45-47(46)39-18-10-12-20-44(39)58(45)48-40(33-13-5-3-6-14-33)31-37(32-41(48)34-15-7-4-8-16-34)51-56-49(35-23-27-53-28-24-35)55-50(57-51)36-25-29-54-30-26-36/h3-32H,1-2H3. The topological polar surface area (TPSA) is 69.4 Å². The van der Waals surface area contributed by atoms with E-state index in [1.54, 1.807) is 24.8 Å². The van der Waals surface area contributed by atoms with Crippen molar-refractivity contribution in [2.45, 2.75) is 19.3 Å². The van der Waals surface area contributed by atoms with Gasteiger partial charge in [0, 0.05) is 68.8 Å². The molecule has 6 heteroatoms. The van der Waals surface area contributed by atoms with Crippen molar-refractivity contribution in [3.05, 3.63) is 194 Å². The summed E-state index contributed by atoms with van der Waals surface area (Å²) in [4.78, 5) is 23.8. The first kappa shape index (κ1) is 33.7. The molecule has 0 fully saturated rings. The van der Waals surface area contributed by atoms with Crippen molar-refractivity contribution < 1.29 is 0 Å². The van der Waals surface area contributed by atoms with Gasteiger partial charge in [-0.25, -0.2) is 15.0 Å². The number of aromatic nitrogens is 6. The highest BCUT2D eigenvalue weighted by atomic mass is 15.0. The molecule has 0 saturated heterocycles. The Labute approximate surface area is 336 Å². The molecule has 0 unspecified atom stereocenters. The summed E-state index contributed by atoms with van der Waals surface area (Å²) in [5.74, 6) is 1.73. The van der Waals surface area contributed by atoms with E-state index in [0.717, 1.165) is 55.7 Å². The fourth-order valence-corrected chi connectivity index (χ4v) is 8.94. The third-order valence-corrected chi connectivity index (χ3v) is 11.7. The van der Waals surface area contributed by atoms with Crippen LogP contribution in [0.4, 0.5) is 0 Å². The normalized spacial score (nSPS) is 12.8. The lowest BCUT2D eigenvalue weighted by Crippen LogP contribution is -2.14. The van der Waals surface area contributed by atoms with E-state index >= 15 is 0 Å². The minimum absolute atomic E-state index is 0.121. The molecule has 4 heterocycles. The number of hydrogen-bond donors (Lipinski definition) is 0. The Morgan fingerprint density at radius 1 is 0.414 bits per heavy atom. The van der Waals surface area contributed by atoms with Gasteiger partial charge in [-0.1, -0.05) is 123 Å². The van der Waals surface area contributed by atoms with Crippen LogP contribution < -0.4 is 0 Å². The van der Waals surface area contributed by atoms with Crippen molar-refractivity contribution in [1.82, 2.24) is 29.5 Å². The number of hydrogen-bond acceptors (Lipinski definition) is 5. The molecule has 0 saturated carbocycles. The van der Waals surface area contributed by atoms with Crippen LogP contribution in [0.2, 0.25) is 0 Å². The quantitative estimate of drug-likeness (QED) is 0.170. The Morgan fingerprint density at radius 2 is 0.931 bits per heavy atom. The van der Waals surface area contributed by atoms with Crippen molar-refractivity contribution in [1.29, 1.82) is 0 Å².